The van der Waals surface area contributed by atoms with Crippen LogP contribution in [-0.2, 0) is 29.3 Å². The first-order chi connectivity index (χ1) is 17.5. The van der Waals surface area contributed by atoms with E-state index >= 15 is 0 Å². The third-order valence-corrected chi connectivity index (χ3v) is 6.23. The van der Waals surface area contributed by atoms with E-state index in [4.69, 9.17) is 16.3 Å². The molecule has 37 heavy (non-hydrogen) atoms. The van der Waals surface area contributed by atoms with Gasteiger partial charge in [-0.2, -0.15) is 18.3 Å². The van der Waals surface area contributed by atoms with E-state index < -0.39 is 29.2 Å². The average Bonchev–Trinajstić information content (AvgIpc) is 3.23. The molecule has 0 unspecified atom stereocenters. The van der Waals surface area contributed by atoms with Crippen LogP contribution in [0.1, 0.15) is 60.6 Å². The van der Waals surface area contributed by atoms with E-state index in [2.05, 4.69) is 20.7 Å². The number of aromatic nitrogens is 2. The van der Waals surface area contributed by atoms with Crippen molar-refractivity contribution in [2.45, 2.75) is 57.8 Å². The van der Waals surface area contributed by atoms with Crippen LogP contribution < -0.4 is 10.6 Å². The van der Waals surface area contributed by atoms with Gasteiger partial charge in [0.05, 0.1) is 23.7 Å². The number of aliphatic imine (C=N–C) groups is 1. The van der Waals surface area contributed by atoms with Crippen LogP contribution in [0.25, 0.3) is 0 Å². The van der Waals surface area contributed by atoms with Crippen LogP contribution in [0.15, 0.2) is 29.4 Å². The van der Waals surface area contributed by atoms with Gasteiger partial charge in [-0.15, -0.1) is 0 Å². The molecule has 1 aromatic carbocycles. The van der Waals surface area contributed by atoms with E-state index in [1.165, 1.54) is 19.2 Å². The Morgan fingerprint density at radius 2 is 1.95 bits per heavy atom. The Hall–Kier alpha value is -3.15. The Morgan fingerprint density at radius 1 is 1.24 bits per heavy atom. The fourth-order valence-corrected chi connectivity index (χ4v) is 4.25. The van der Waals surface area contributed by atoms with Crippen molar-refractivity contribution in [2.24, 2.45) is 18.0 Å². The van der Waals surface area contributed by atoms with Crippen LogP contribution in [-0.4, -0.2) is 40.3 Å². The summed E-state index contributed by atoms with van der Waals surface area (Å²) in [5, 5.41) is 8.81. The van der Waals surface area contributed by atoms with E-state index in [9.17, 15) is 27.2 Å². The van der Waals surface area contributed by atoms with Gasteiger partial charge in [-0.3, -0.25) is 19.6 Å². The normalized spacial score (nSPS) is 18.4. The number of halogens is 5. The van der Waals surface area contributed by atoms with E-state index in [0.29, 0.717) is 31.4 Å². The van der Waals surface area contributed by atoms with E-state index in [0.717, 1.165) is 23.7 Å². The number of amides is 1. The quantitative estimate of drug-likeness (QED) is 0.229. The molecule has 1 saturated carbocycles. The predicted octanol–water partition coefficient (Wildman–Crippen LogP) is 4.62. The highest BCUT2D eigenvalue weighted by atomic mass is 35.5. The van der Waals surface area contributed by atoms with Gasteiger partial charge in [0.2, 0.25) is 0 Å². The van der Waals surface area contributed by atoms with Gasteiger partial charge < -0.3 is 10.1 Å². The van der Waals surface area contributed by atoms with E-state index in [1.54, 1.807) is 13.0 Å². The Kier molecular flexibility index (Phi) is 9.52. The number of benzene rings is 1. The maximum atomic E-state index is 13.8. The monoisotopic (exact) mass is 545 g/mol. The highest BCUT2D eigenvalue weighted by Crippen LogP contribution is 2.31. The van der Waals surface area contributed by atoms with Gasteiger partial charge in [-0.1, -0.05) is 17.7 Å². The summed E-state index contributed by atoms with van der Waals surface area (Å²) in [7, 11) is 1.28. The number of guanidine groups is 1. The molecule has 1 heterocycles. The molecule has 1 fully saturated rings. The average molecular weight is 546 g/mol. The SMILES string of the molecule is CCOC(=O)CC1CCC(NC(=NCc2ccc(Cl)c(F)c2)NC(=O)c2cn(C)nc2C(F)(F)F)CC1. The molecule has 2 aromatic rings. The summed E-state index contributed by atoms with van der Waals surface area (Å²) in [5.41, 5.74) is -1.52. The predicted molar refractivity (Wildman–Crippen MR) is 128 cm³/mol. The molecule has 0 aliphatic heterocycles. The minimum atomic E-state index is -4.82. The van der Waals surface area contributed by atoms with Gasteiger partial charge in [-0.25, -0.2) is 9.38 Å². The summed E-state index contributed by atoms with van der Waals surface area (Å²) in [5.74, 6) is -1.82. The number of alkyl halides is 3. The van der Waals surface area contributed by atoms with Gasteiger partial charge in [0.15, 0.2) is 11.7 Å². The molecule has 13 heteroatoms. The van der Waals surface area contributed by atoms with Crippen molar-refractivity contribution >= 4 is 29.4 Å². The lowest BCUT2D eigenvalue weighted by Crippen LogP contribution is -2.47. The molecular formula is C24H28ClF4N5O3. The summed E-state index contributed by atoms with van der Waals surface area (Å²) in [6.07, 6.45) is -0.782. The maximum absolute atomic E-state index is 13.8. The molecule has 2 N–H and O–H groups in total. The molecule has 8 nitrogen and oxygen atoms in total. The van der Waals surface area contributed by atoms with Crippen molar-refractivity contribution in [3.05, 3.63) is 52.1 Å². The lowest BCUT2D eigenvalue weighted by atomic mass is 9.84. The molecule has 3 rings (SSSR count). The molecule has 0 saturated heterocycles. The Balaban J connectivity index is 1.74. The van der Waals surface area contributed by atoms with Crippen molar-refractivity contribution < 1.29 is 31.9 Å². The minimum absolute atomic E-state index is 0.0498. The van der Waals surface area contributed by atoms with Crippen LogP contribution in [0, 0.1) is 11.7 Å². The second kappa shape index (κ2) is 12.4. The maximum Gasteiger partial charge on any atom is 0.435 e. The fraction of sp³-hybridized carbons (Fsp3) is 0.500. The molecule has 202 valence electrons. The van der Waals surface area contributed by atoms with Gasteiger partial charge in [-0.05, 0) is 56.2 Å². The van der Waals surface area contributed by atoms with E-state index in [1.807, 2.05) is 0 Å². The molecule has 0 atom stereocenters. The second-order valence-corrected chi connectivity index (χ2v) is 9.21. The molecule has 1 aliphatic carbocycles. The molecule has 0 radical (unpaired) electrons. The molecule has 1 amide bonds. The summed E-state index contributed by atoms with van der Waals surface area (Å²) in [6, 6.07) is 3.96. The second-order valence-electron chi connectivity index (χ2n) is 8.80. The fourth-order valence-electron chi connectivity index (χ4n) is 4.13. The van der Waals surface area contributed by atoms with Crippen LogP contribution in [0.2, 0.25) is 5.02 Å². The first-order valence-corrected chi connectivity index (χ1v) is 12.2. The number of nitrogens with one attached hydrogen (secondary N) is 2. The van der Waals surface area contributed by atoms with Crippen molar-refractivity contribution in [3.63, 3.8) is 0 Å². The van der Waals surface area contributed by atoms with Gasteiger partial charge in [0.1, 0.15) is 5.82 Å². The van der Waals surface area contributed by atoms with Gasteiger partial charge in [0, 0.05) is 25.7 Å². The number of carbonyl (C=O) groups excluding carboxylic acids is 2. The molecule has 0 spiro atoms. The third-order valence-electron chi connectivity index (χ3n) is 5.93. The summed E-state index contributed by atoms with van der Waals surface area (Å²) < 4.78 is 59.8. The highest BCUT2D eigenvalue weighted by Gasteiger charge is 2.39. The van der Waals surface area contributed by atoms with Crippen LogP contribution in [0.4, 0.5) is 17.6 Å². The number of hydrogen-bond donors (Lipinski definition) is 2. The van der Waals surface area contributed by atoms with E-state index in [-0.39, 0.29) is 35.5 Å². The smallest absolute Gasteiger partial charge is 0.435 e. The Labute approximate surface area is 216 Å². The topological polar surface area (TPSA) is 97.6 Å². The van der Waals surface area contributed by atoms with Gasteiger partial charge in [0.25, 0.3) is 5.91 Å². The minimum Gasteiger partial charge on any atom is -0.466 e. The number of carbonyl (C=O) groups is 2. The number of nitrogens with zero attached hydrogens (tertiary/aromatic N) is 3. The standard InChI is InChI=1S/C24H28ClF4N5O3/c1-3-37-20(35)11-14-4-7-16(8-5-14)31-23(30-12-15-6-9-18(25)19(26)10-15)32-22(36)17-13-34(2)33-21(17)24(27,28)29/h6,9-10,13-14,16H,3-5,7-8,11-12H2,1-2H3,(H2,30,31,32,36). The number of hydrogen-bond acceptors (Lipinski definition) is 5. The third kappa shape index (κ3) is 8.17. The zero-order chi connectivity index (χ0) is 27.2. The zero-order valence-corrected chi connectivity index (χ0v) is 21.1. The molecule has 1 aliphatic rings. The number of ether oxygens (including phenoxy) is 1. The first-order valence-electron chi connectivity index (χ1n) is 11.8. The van der Waals surface area contributed by atoms with Crippen LogP contribution >= 0.6 is 11.6 Å². The Morgan fingerprint density at radius 3 is 2.57 bits per heavy atom. The van der Waals surface area contributed by atoms with Crippen molar-refractivity contribution in [2.75, 3.05) is 6.61 Å². The lowest BCUT2D eigenvalue weighted by Gasteiger charge is -2.29. The lowest BCUT2D eigenvalue weighted by molar-refractivity contribution is -0.144. The zero-order valence-electron chi connectivity index (χ0n) is 20.4. The number of aryl methyl sites for hydroxylation is 1. The Bertz CT molecular complexity index is 1140. The first kappa shape index (κ1) is 28.4. The molecular weight excluding hydrogens is 518 g/mol. The van der Waals surface area contributed by atoms with Crippen LogP contribution in [0.3, 0.4) is 0 Å². The van der Waals surface area contributed by atoms with Crippen molar-refractivity contribution in [1.82, 2.24) is 20.4 Å². The summed E-state index contributed by atoms with van der Waals surface area (Å²) in [4.78, 5) is 28.9. The van der Waals surface area contributed by atoms with Gasteiger partial charge >= 0.3 is 12.1 Å². The largest absolute Gasteiger partial charge is 0.466 e. The number of rotatable bonds is 7. The molecule has 0 bridgehead atoms. The van der Waals surface area contributed by atoms with Crippen molar-refractivity contribution in [3.8, 4) is 0 Å². The van der Waals surface area contributed by atoms with Crippen molar-refractivity contribution in [1.29, 1.82) is 0 Å². The van der Waals surface area contributed by atoms with Crippen LogP contribution in [0.5, 0.6) is 0 Å². The summed E-state index contributed by atoms with van der Waals surface area (Å²) >= 11 is 5.71. The summed E-state index contributed by atoms with van der Waals surface area (Å²) in [6.45, 7) is 2.00. The number of esters is 1. The molecule has 1 aromatic heterocycles. The highest BCUT2D eigenvalue weighted by molar-refractivity contribution is 6.30.